The van der Waals surface area contributed by atoms with Crippen LogP contribution in [0.4, 0.5) is 4.39 Å². The highest BCUT2D eigenvalue weighted by atomic mass is 19.1. The zero-order chi connectivity index (χ0) is 17.1. The standard InChI is InChI=1S/C18H24FN5O/c19-15-8-6-14(7-9-15)17(23-10-2-1-3-11-23)18-20-21-22-24(18)13-16-5-4-12-25-16/h6-9,16-17H,1-5,10-13H2/p+1/t16-,17+/m1/s1. The van der Waals surface area contributed by atoms with Gasteiger partial charge in [-0.1, -0.05) is 0 Å². The number of tetrazole rings is 1. The van der Waals surface area contributed by atoms with Gasteiger partial charge in [0.25, 0.3) is 0 Å². The second kappa shape index (κ2) is 7.58. The average Bonchev–Trinajstić information content (AvgIpc) is 3.31. The van der Waals surface area contributed by atoms with Gasteiger partial charge in [-0.2, -0.15) is 0 Å². The van der Waals surface area contributed by atoms with Gasteiger partial charge in [-0.15, -0.1) is 5.10 Å². The quantitative estimate of drug-likeness (QED) is 0.882. The van der Waals surface area contributed by atoms with Crippen LogP contribution in [0, 0.1) is 5.82 Å². The third-order valence-corrected chi connectivity index (χ3v) is 5.33. The molecule has 7 heteroatoms. The van der Waals surface area contributed by atoms with Crippen molar-refractivity contribution >= 4 is 0 Å². The summed E-state index contributed by atoms with van der Waals surface area (Å²) in [5.74, 6) is 0.647. The third-order valence-electron chi connectivity index (χ3n) is 5.33. The minimum absolute atomic E-state index is 0.0392. The van der Waals surface area contributed by atoms with Crippen LogP contribution in [0.15, 0.2) is 24.3 Å². The number of aromatic nitrogens is 4. The Balaban J connectivity index is 1.65. The Morgan fingerprint density at radius 1 is 1.16 bits per heavy atom. The van der Waals surface area contributed by atoms with Crippen LogP contribution in [0.2, 0.25) is 0 Å². The first kappa shape index (κ1) is 16.6. The molecule has 2 aliphatic rings. The number of halogens is 1. The van der Waals surface area contributed by atoms with Crippen LogP contribution in [0.1, 0.15) is 49.5 Å². The highest BCUT2D eigenvalue weighted by molar-refractivity contribution is 5.23. The Morgan fingerprint density at radius 2 is 1.96 bits per heavy atom. The first-order valence-electron chi connectivity index (χ1n) is 9.29. The lowest BCUT2D eigenvalue weighted by atomic mass is 10.0. The van der Waals surface area contributed by atoms with Gasteiger partial charge in [-0.25, -0.2) is 9.07 Å². The summed E-state index contributed by atoms with van der Waals surface area (Å²) in [6.45, 7) is 3.69. The van der Waals surface area contributed by atoms with Gasteiger partial charge in [0.15, 0.2) is 6.04 Å². The SMILES string of the molecule is Fc1ccc([C@@H](c2nnnn2C[C@H]2CCCO2)[NH+]2CCCCC2)cc1. The van der Waals surface area contributed by atoms with E-state index in [4.69, 9.17) is 4.74 Å². The fraction of sp³-hybridized carbons (Fsp3) is 0.611. The molecule has 2 aliphatic heterocycles. The molecule has 2 fully saturated rings. The van der Waals surface area contributed by atoms with Crippen molar-refractivity contribution in [3.63, 3.8) is 0 Å². The molecule has 0 unspecified atom stereocenters. The van der Waals surface area contributed by atoms with Crippen molar-refractivity contribution in [3.05, 3.63) is 41.5 Å². The molecule has 0 amide bonds. The predicted molar refractivity (Wildman–Crippen MR) is 89.6 cm³/mol. The number of ether oxygens (including phenoxy) is 1. The lowest BCUT2D eigenvalue weighted by Crippen LogP contribution is -3.13. The third kappa shape index (κ3) is 3.72. The zero-order valence-corrected chi connectivity index (χ0v) is 14.4. The molecule has 0 saturated carbocycles. The van der Waals surface area contributed by atoms with Crippen molar-refractivity contribution < 1.29 is 14.0 Å². The van der Waals surface area contributed by atoms with E-state index < -0.39 is 0 Å². The van der Waals surface area contributed by atoms with Crippen LogP contribution in [0.5, 0.6) is 0 Å². The lowest BCUT2D eigenvalue weighted by Gasteiger charge is -2.31. The Kier molecular flexibility index (Phi) is 5.03. The summed E-state index contributed by atoms with van der Waals surface area (Å²) in [4.78, 5) is 1.46. The zero-order valence-electron chi connectivity index (χ0n) is 14.4. The average molecular weight is 346 g/mol. The summed E-state index contributed by atoms with van der Waals surface area (Å²) in [7, 11) is 0. The molecule has 25 heavy (non-hydrogen) atoms. The van der Waals surface area contributed by atoms with E-state index >= 15 is 0 Å². The Morgan fingerprint density at radius 3 is 2.68 bits per heavy atom. The summed E-state index contributed by atoms with van der Waals surface area (Å²) in [6.07, 6.45) is 6.03. The summed E-state index contributed by atoms with van der Waals surface area (Å²) in [5, 5.41) is 12.5. The van der Waals surface area contributed by atoms with Gasteiger partial charge >= 0.3 is 0 Å². The number of hydrogen-bond acceptors (Lipinski definition) is 4. The van der Waals surface area contributed by atoms with Crippen LogP contribution in [-0.4, -0.2) is 46.0 Å². The molecule has 1 N–H and O–H groups in total. The number of likely N-dealkylation sites (tertiary alicyclic amines) is 1. The van der Waals surface area contributed by atoms with E-state index in [1.165, 1.54) is 36.3 Å². The summed E-state index contributed by atoms with van der Waals surface area (Å²) in [5.41, 5.74) is 1.07. The van der Waals surface area contributed by atoms with E-state index in [9.17, 15) is 4.39 Å². The number of nitrogens with one attached hydrogen (secondary N) is 1. The second-order valence-electron chi connectivity index (χ2n) is 7.06. The van der Waals surface area contributed by atoms with E-state index in [2.05, 4.69) is 15.5 Å². The fourth-order valence-corrected chi connectivity index (χ4v) is 4.05. The van der Waals surface area contributed by atoms with Gasteiger partial charge in [0.05, 0.1) is 25.7 Å². The number of rotatable bonds is 5. The number of piperidine rings is 1. The van der Waals surface area contributed by atoms with E-state index in [1.54, 1.807) is 0 Å². The topological polar surface area (TPSA) is 57.3 Å². The van der Waals surface area contributed by atoms with Crippen LogP contribution in [-0.2, 0) is 11.3 Å². The van der Waals surface area contributed by atoms with E-state index in [-0.39, 0.29) is 18.0 Å². The molecule has 0 spiro atoms. The summed E-state index contributed by atoms with van der Waals surface area (Å²) in [6, 6.07) is 6.83. The van der Waals surface area contributed by atoms with Crippen LogP contribution < -0.4 is 4.90 Å². The molecule has 1 aromatic carbocycles. The minimum Gasteiger partial charge on any atom is -0.376 e. The first-order valence-corrected chi connectivity index (χ1v) is 9.29. The highest BCUT2D eigenvalue weighted by Crippen LogP contribution is 2.21. The molecule has 6 nitrogen and oxygen atoms in total. The maximum absolute atomic E-state index is 13.4. The normalized spacial score (nSPS) is 23.0. The largest absolute Gasteiger partial charge is 0.376 e. The fourth-order valence-electron chi connectivity index (χ4n) is 4.05. The molecule has 0 radical (unpaired) electrons. The Bertz CT molecular complexity index is 677. The van der Waals surface area contributed by atoms with Gasteiger partial charge < -0.3 is 9.64 Å². The molecular weight excluding hydrogens is 321 g/mol. The van der Waals surface area contributed by atoms with Crippen molar-refractivity contribution in [2.45, 2.75) is 50.8 Å². The van der Waals surface area contributed by atoms with Crippen LogP contribution in [0.3, 0.4) is 0 Å². The van der Waals surface area contributed by atoms with Crippen molar-refractivity contribution in [1.29, 1.82) is 0 Å². The molecule has 2 saturated heterocycles. The lowest BCUT2D eigenvalue weighted by molar-refractivity contribution is -0.931. The van der Waals surface area contributed by atoms with E-state index in [0.717, 1.165) is 43.9 Å². The monoisotopic (exact) mass is 346 g/mol. The maximum Gasteiger partial charge on any atom is 0.214 e. The number of hydrogen-bond donors (Lipinski definition) is 1. The van der Waals surface area contributed by atoms with Gasteiger partial charge in [0.1, 0.15) is 5.82 Å². The molecule has 0 aliphatic carbocycles. The van der Waals surface area contributed by atoms with Crippen molar-refractivity contribution in [3.8, 4) is 0 Å². The summed E-state index contributed by atoms with van der Waals surface area (Å²) < 4.78 is 21.1. The minimum atomic E-state index is -0.213. The molecule has 4 rings (SSSR count). The van der Waals surface area contributed by atoms with Crippen molar-refractivity contribution in [2.75, 3.05) is 19.7 Å². The van der Waals surface area contributed by atoms with Crippen molar-refractivity contribution in [1.82, 2.24) is 20.2 Å². The molecule has 3 heterocycles. The van der Waals surface area contributed by atoms with Crippen LogP contribution >= 0.6 is 0 Å². The van der Waals surface area contributed by atoms with Gasteiger partial charge in [0, 0.05) is 12.2 Å². The van der Waals surface area contributed by atoms with E-state index in [0.29, 0.717) is 6.54 Å². The summed E-state index contributed by atoms with van der Waals surface area (Å²) >= 11 is 0. The molecule has 0 bridgehead atoms. The number of quaternary nitrogens is 1. The number of nitrogens with zero attached hydrogens (tertiary/aromatic N) is 4. The van der Waals surface area contributed by atoms with Crippen LogP contribution in [0.25, 0.3) is 0 Å². The molecule has 1 aromatic heterocycles. The predicted octanol–water partition coefficient (Wildman–Crippen LogP) is 1.15. The second-order valence-corrected chi connectivity index (χ2v) is 7.06. The number of benzene rings is 1. The highest BCUT2D eigenvalue weighted by Gasteiger charge is 2.33. The Hall–Kier alpha value is -1.86. The molecule has 134 valence electrons. The molecular formula is C18H25FN5O+. The molecule has 2 aromatic rings. The Labute approximate surface area is 147 Å². The first-order chi connectivity index (χ1) is 12.3. The maximum atomic E-state index is 13.4. The smallest absolute Gasteiger partial charge is 0.214 e. The van der Waals surface area contributed by atoms with Gasteiger partial charge in [-0.3, -0.25) is 0 Å². The van der Waals surface area contributed by atoms with Gasteiger partial charge in [-0.05, 0) is 66.8 Å². The van der Waals surface area contributed by atoms with E-state index in [1.807, 2.05) is 16.8 Å². The molecule has 2 atom stereocenters. The van der Waals surface area contributed by atoms with Crippen molar-refractivity contribution in [2.24, 2.45) is 0 Å². The van der Waals surface area contributed by atoms with Gasteiger partial charge in [0.2, 0.25) is 5.82 Å².